The second-order valence-electron chi connectivity index (χ2n) is 3.14. The van der Waals surface area contributed by atoms with Crippen molar-refractivity contribution in [1.29, 1.82) is 0 Å². The molecule has 0 aromatic carbocycles. The second-order valence-corrected chi connectivity index (χ2v) is 3.14. The van der Waals surface area contributed by atoms with E-state index in [-0.39, 0.29) is 12.1 Å². The lowest BCUT2D eigenvalue weighted by atomic mass is 10.2. The first kappa shape index (κ1) is 8.18. The van der Waals surface area contributed by atoms with E-state index in [0.29, 0.717) is 0 Å². The van der Waals surface area contributed by atoms with E-state index in [0.717, 1.165) is 0 Å². The summed E-state index contributed by atoms with van der Waals surface area (Å²) in [6, 6.07) is -0.396. The third kappa shape index (κ3) is 1.19. The van der Waals surface area contributed by atoms with Crippen LogP contribution in [0.25, 0.3) is 0 Å². The van der Waals surface area contributed by atoms with Crippen LogP contribution in [0.1, 0.15) is 0 Å². The monoisotopic (exact) mass is 181 g/mol. The van der Waals surface area contributed by atoms with Gasteiger partial charge < -0.3 is 5.32 Å². The zero-order chi connectivity index (χ0) is 9.42. The molecule has 0 spiro atoms. The third-order valence-corrected chi connectivity index (χ3v) is 2.06. The lowest BCUT2D eigenvalue weighted by Gasteiger charge is -2.30. The number of nitrogens with zero attached hydrogens (tertiary/aromatic N) is 4. The summed E-state index contributed by atoms with van der Waals surface area (Å²) < 4.78 is 0. The lowest BCUT2D eigenvalue weighted by molar-refractivity contribution is -0.122. The van der Waals surface area contributed by atoms with Gasteiger partial charge in [-0.05, 0) is 0 Å². The van der Waals surface area contributed by atoms with Crippen molar-refractivity contribution >= 4 is 18.6 Å². The van der Waals surface area contributed by atoms with Gasteiger partial charge in [-0.25, -0.2) is 10.0 Å². The van der Waals surface area contributed by atoms with Gasteiger partial charge in [0.25, 0.3) is 5.91 Å². The Morgan fingerprint density at radius 2 is 2.31 bits per heavy atom. The molecule has 2 atom stereocenters. The number of carbonyl (C=O) groups is 1. The van der Waals surface area contributed by atoms with Gasteiger partial charge in [0.1, 0.15) is 6.34 Å². The predicted octanol–water partition coefficient (Wildman–Crippen LogP) is -1.34. The summed E-state index contributed by atoms with van der Waals surface area (Å²) in [6.07, 6.45) is 2.86. The molecular weight excluding hydrogens is 170 g/mol. The average Bonchev–Trinajstić information content (AvgIpc) is 2.48. The van der Waals surface area contributed by atoms with Crippen molar-refractivity contribution < 1.29 is 4.79 Å². The number of nitrogens with one attached hydrogen (secondary N) is 1. The quantitative estimate of drug-likeness (QED) is 0.544. The summed E-state index contributed by atoms with van der Waals surface area (Å²) in [5.41, 5.74) is 0. The van der Waals surface area contributed by atoms with Gasteiger partial charge in [0.15, 0.2) is 12.2 Å². The van der Waals surface area contributed by atoms with Crippen molar-refractivity contribution in [2.24, 2.45) is 9.98 Å². The molecule has 0 bridgehead atoms. The second kappa shape index (κ2) is 2.81. The minimum absolute atomic E-state index is 0.0967. The molecule has 0 aliphatic carbocycles. The van der Waals surface area contributed by atoms with Gasteiger partial charge in [0.2, 0.25) is 0 Å². The molecule has 1 N–H and O–H groups in total. The summed E-state index contributed by atoms with van der Waals surface area (Å²) in [5.74, 6) is -0.0967. The van der Waals surface area contributed by atoms with Gasteiger partial charge in [-0.2, -0.15) is 0 Å². The molecule has 0 aromatic rings. The van der Waals surface area contributed by atoms with E-state index in [1.54, 1.807) is 6.34 Å². The molecule has 1 amide bonds. The number of amides is 1. The Bertz CT molecular complexity index is 285. The van der Waals surface area contributed by atoms with Crippen LogP contribution in [0.3, 0.4) is 0 Å². The number of fused-ring (bicyclic) bond motifs is 1. The lowest BCUT2D eigenvalue weighted by Crippen LogP contribution is -2.51. The van der Waals surface area contributed by atoms with Crippen molar-refractivity contribution in [2.45, 2.75) is 12.2 Å². The zero-order valence-corrected chi connectivity index (χ0v) is 7.51. The standard InChI is InChI=1S/C7H11N5O/c1-11(2)12-4-10-5-6(12)8-3-9-7(5)13/h3-6H,1-2H3,(H,8,9,13). The average molecular weight is 181 g/mol. The van der Waals surface area contributed by atoms with Crippen molar-refractivity contribution in [3.63, 3.8) is 0 Å². The number of aliphatic imine (C=N–C) groups is 2. The van der Waals surface area contributed by atoms with Crippen LogP contribution in [-0.2, 0) is 4.79 Å². The molecule has 6 nitrogen and oxygen atoms in total. The first-order valence-corrected chi connectivity index (χ1v) is 4.01. The highest BCUT2D eigenvalue weighted by Gasteiger charge is 2.38. The predicted molar refractivity (Wildman–Crippen MR) is 48.2 cm³/mol. The first-order chi connectivity index (χ1) is 6.20. The van der Waals surface area contributed by atoms with Crippen LogP contribution in [0, 0.1) is 0 Å². The van der Waals surface area contributed by atoms with E-state index in [4.69, 9.17) is 0 Å². The fourth-order valence-corrected chi connectivity index (χ4v) is 1.39. The van der Waals surface area contributed by atoms with Gasteiger partial charge in [0, 0.05) is 14.1 Å². The van der Waals surface area contributed by atoms with Gasteiger partial charge in [0.05, 0.1) is 6.34 Å². The van der Waals surface area contributed by atoms with E-state index >= 15 is 0 Å². The van der Waals surface area contributed by atoms with Crippen LogP contribution in [0.4, 0.5) is 0 Å². The van der Waals surface area contributed by atoms with Crippen molar-refractivity contribution in [1.82, 2.24) is 15.3 Å². The fourth-order valence-electron chi connectivity index (χ4n) is 1.39. The van der Waals surface area contributed by atoms with Crippen LogP contribution in [0.5, 0.6) is 0 Å². The van der Waals surface area contributed by atoms with Gasteiger partial charge in [-0.15, -0.1) is 0 Å². The molecule has 13 heavy (non-hydrogen) atoms. The Morgan fingerprint density at radius 1 is 1.54 bits per heavy atom. The summed E-state index contributed by atoms with van der Waals surface area (Å²) in [6.45, 7) is 0. The molecule has 70 valence electrons. The molecule has 0 fully saturated rings. The molecule has 0 radical (unpaired) electrons. The maximum absolute atomic E-state index is 11.3. The normalized spacial score (nSPS) is 31.0. The first-order valence-electron chi connectivity index (χ1n) is 4.01. The Hall–Kier alpha value is -1.43. The van der Waals surface area contributed by atoms with E-state index in [1.165, 1.54) is 6.34 Å². The molecule has 2 aliphatic heterocycles. The van der Waals surface area contributed by atoms with Crippen LogP contribution in [0.2, 0.25) is 0 Å². The minimum atomic E-state index is -0.396. The largest absolute Gasteiger partial charge is 0.315 e. The molecule has 2 heterocycles. The van der Waals surface area contributed by atoms with Crippen molar-refractivity contribution in [3.8, 4) is 0 Å². The van der Waals surface area contributed by atoms with Crippen molar-refractivity contribution in [2.75, 3.05) is 14.1 Å². The summed E-state index contributed by atoms with van der Waals surface area (Å²) >= 11 is 0. The molecule has 0 aromatic heterocycles. The van der Waals surface area contributed by atoms with Crippen LogP contribution in [-0.4, -0.2) is 54.9 Å². The fraction of sp³-hybridized carbons (Fsp3) is 0.571. The third-order valence-electron chi connectivity index (χ3n) is 2.06. The van der Waals surface area contributed by atoms with E-state index in [2.05, 4.69) is 15.3 Å². The maximum atomic E-state index is 11.3. The molecule has 2 rings (SSSR count). The molecule has 6 heteroatoms. The number of hydrazine groups is 1. The molecule has 0 saturated carbocycles. The minimum Gasteiger partial charge on any atom is -0.315 e. The Balaban J connectivity index is 2.23. The highest BCUT2D eigenvalue weighted by Crippen LogP contribution is 2.17. The molecular formula is C7H11N5O. The van der Waals surface area contributed by atoms with E-state index < -0.39 is 6.04 Å². The van der Waals surface area contributed by atoms with E-state index in [1.807, 2.05) is 24.1 Å². The van der Waals surface area contributed by atoms with Gasteiger partial charge in [-0.3, -0.25) is 14.8 Å². The Morgan fingerprint density at radius 3 is 3.00 bits per heavy atom. The van der Waals surface area contributed by atoms with Gasteiger partial charge in [-0.1, -0.05) is 0 Å². The molecule has 2 aliphatic rings. The summed E-state index contributed by atoms with van der Waals surface area (Å²) in [7, 11) is 3.77. The van der Waals surface area contributed by atoms with Crippen LogP contribution < -0.4 is 5.32 Å². The highest BCUT2D eigenvalue weighted by atomic mass is 16.2. The number of hydrogen-bond donors (Lipinski definition) is 1. The number of hydrogen-bond acceptors (Lipinski definition) is 5. The molecule has 0 saturated heterocycles. The smallest absolute Gasteiger partial charge is 0.254 e. The maximum Gasteiger partial charge on any atom is 0.254 e. The highest BCUT2D eigenvalue weighted by molar-refractivity contribution is 5.95. The molecule has 2 unspecified atom stereocenters. The van der Waals surface area contributed by atoms with Crippen LogP contribution >= 0.6 is 0 Å². The number of rotatable bonds is 1. The summed E-state index contributed by atoms with van der Waals surface area (Å²) in [5, 5.41) is 6.19. The SMILES string of the molecule is CN(C)N1C=NC2C(=O)NC=NC21. The van der Waals surface area contributed by atoms with Crippen molar-refractivity contribution in [3.05, 3.63) is 0 Å². The van der Waals surface area contributed by atoms with Gasteiger partial charge >= 0.3 is 0 Å². The zero-order valence-electron chi connectivity index (χ0n) is 7.51. The Labute approximate surface area is 75.9 Å². The Kier molecular flexibility index (Phi) is 1.77. The summed E-state index contributed by atoms with van der Waals surface area (Å²) in [4.78, 5) is 19.5. The van der Waals surface area contributed by atoms with E-state index in [9.17, 15) is 4.79 Å². The van der Waals surface area contributed by atoms with Crippen LogP contribution in [0.15, 0.2) is 9.98 Å². The topological polar surface area (TPSA) is 60.3 Å². The number of carbonyl (C=O) groups excluding carboxylic acids is 1.